The van der Waals surface area contributed by atoms with Crippen molar-refractivity contribution in [2.75, 3.05) is 38.6 Å². The second-order valence-electron chi connectivity index (χ2n) is 7.34. The number of nitrogen functional groups attached to an aromatic ring is 1. The summed E-state index contributed by atoms with van der Waals surface area (Å²) in [5, 5.41) is 9.14. The number of benzene rings is 1. The number of aromatic nitrogens is 4. The Kier molecular flexibility index (Phi) is 4.46. The zero-order valence-corrected chi connectivity index (χ0v) is 15.7. The highest BCUT2D eigenvalue weighted by Crippen LogP contribution is 2.31. The molecule has 0 bridgehead atoms. The van der Waals surface area contributed by atoms with Crippen LogP contribution >= 0.6 is 0 Å². The van der Waals surface area contributed by atoms with Gasteiger partial charge in [0, 0.05) is 35.8 Å². The van der Waals surface area contributed by atoms with E-state index in [2.05, 4.69) is 49.3 Å². The zero-order valence-electron chi connectivity index (χ0n) is 15.7. The first-order valence-corrected chi connectivity index (χ1v) is 9.78. The van der Waals surface area contributed by atoms with Gasteiger partial charge in [-0.15, -0.1) is 0 Å². The van der Waals surface area contributed by atoms with Gasteiger partial charge < -0.3 is 15.5 Å². The van der Waals surface area contributed by atoms with Gasteiger partial charge in [0.1, 0.15) is 5.65 Å². The molecule has 1 aliphatic heterocycles. The van der Waals surface area contributed by atoms with Gasteiger partial charge >= 0.3 is 0 Å². The molecule has 1 aromatic carbocycles. The van der Waals surface area contributed by atoms with Gasteiger partial charge in [-0.2, -0.15) is 5.10 Å². The number of nitrogens with one attached hydrogen (secondary N) is 2. The molecular weight excluding hydrogens is 352 g/mol. The molecule has 0 spiro atoms. The molecule has 0 amide bonds. The summed E-state index contributed by atoms with van der Waals surface area (Å²) in [5.41, 5.74) is 11.4. The molecule has 1 saturated heterocycles. The van der Waals surface area contributed by atoms with E-state index in [0.29, 0.717) is 5.82 Å². The zero-order chi connectivity index (χ0) is 18.9. The normalized spacial score (nSPS) is 15.6. The van der Waals surface area contributed by atoms with Crippen LogP contribution in [-0.4, -0.2) is 57.9 Å². The lowest BCUT2D eigenvalue weighted by atomic mass is 10.0. The van der Waals surface area contributed by atoms with Crippen LogP contribution in [-0.2, 0) is 11.2 Å². The summed E-state index contributed by atoms with van der Waals surface area (Å²) in [5.74, 6) is 0.528. The van der Waals surface area contributed by atoms with E-state index in [1.54, 1.807) is 0 Å². The molecule has 4 aromatic rings. The van der Waals surface area contributed by atoms with Gasteiger partial charge in [0.05, 0.1) is 18.7 Å². The third-order valence-electron chi connectivity index (χ3n) is 5.52. The molecule has 1 aliphatic rings. The Morgan fingerprint density at radius 2 is 2.00 bits per heavy atom. The molecule has 5 rings (SSSR count). The van der Waals surface area contributed by atoms with Crippen LogP contribution in [0.4, 0.5) is 5.82 Å². The minimum absolute atomic E-state index is 0.528. The van der Waals surface area contributed by atoms with Crippen LogP contribution in [0.15, 0.2) is 36.5 Å². The number of fused-ring (bicyclic) bond motifs is 2. The number of hydrogen-bond donors (Lipinski definition) is 3. The smallest absolute Gasteiger partial charge is 0.153 e. The van der Waals surface area contributed by atoms with Crippen molar-refractivity contribution in [2.45, 2.75) is 12.8 Å². The average molecular weight is 376 g/mol. The SMILES string of the molecule is Nc1n[nH]c2ccc(-c3ccnc4[nH]c(CCCN5CCOCC5)cc34)cc12. The monoisotopic (exact) mass is 376 g/mol. The van der Waals surface area contributed by atoms with Crippen molar-refractivity contribution in [3.8, 4) is 11.1 Å². The van der Waals surface area contributed by atoms with Gasteiger partial charge in [-0.05, 0) is 54.8 Å². The van der Waals surface area contributed by atoms with Crippen molar-refractivity contribution in [1.29, 1.82) is 0 Å². The molecular formula is C21H24N6O. The van der Waals surface area contributed by atoms with Gasteiger partial charge in [0.15, 0.2) is 5.82 Å². The Hall–Kier alpha value is -2.90. The highest BCUT2D eigenvalue weighted by Gasteiger charge is 2.12. The minimum Gasteiger partial charge on any atom is -0.382 e. The van der Waals surface area contributed by atoms with Crippen LogP contribution in [0, 0.1) is 0 Å². The van der Waals surface area contributed by atoms with Crippen LogP contribution in [0.25, 0.3) is 33.1 Å². The molecule has 7 heteroatoms. The molecule has 0 atom stereocenters. The first-order valence-electron chi connectivity index (χ1n) is 9.78. The Bertz CT molecular complexity index is 1110. The summed E-state index contributed by atoms with van der Waals surface area (Å²) in [6.07, 6.45) is 4.00. The first-order chi connectivity index (χ1) is 13.8. The predicted octanol–water partition coefficient (Wildman–Crippen LogP) is 2.95. The minimum atomic E-state index is 0.528. The third-order valence-corrected chi connectivity index (χ3v) is 5.52. The number of H-pyrrole nitrogens is 2. The standard InChI is InChI=1S/C21H24N6O/c22-20-18-12-14(3-4-19(18)25-26-20)16-5-6-23-21-17(16)13-15(24-21)2-1-7-27-8-10-28-11-9-27/h3-6,12-13H,1-2,7-11H2,(H,23,24)(H3,22,25,26). The summed E-state index contributed by atoms with van der Waals surface area (Å²) in [6.45, 7) is 4.89. The van der Waals surface area contributed by atoms with Crippen LogP contribution in [0.1, 0.15) is 12.1 Å². The number of morpholine rings is 1. The number of nitrogens with two attached hydrogens (primary N) is 1. The van der Waals surface area contributed by atoms with Crippen molar-refractivity contribution in [3.05, 3.63) is 42.2 Å². The maximum Gasteiger partial charge on any atom is 0.153 e. The quantitative estimate of drug-likeness (QED) is 0.498. The van der Waals surface area contributed by atoms with Crippen LogP contribution in [0.2, 0.25) is 0 Å². The van der Waals surface area contributed by atoms with Gasteiger partial charge in [0.2, 0.25) is 0 Å². The number of ether oxygens (including phenoxy) is 1. The molecule has 0 radical (unpaired) electrons. The summed E-state index contributed by atoms with van der Waals surface area (Å²) < 4.78 is 5.42. The van der Waals surface area contributed by atoms with E-state index in [9.17, 15) is 0 Å². The molecule has 3 aromatic heterocycles. The summed E-state index contributed by atoms with van der Waals surface area (Å²) >= 11 is 0. The van der Waals surface area contributed by atoms with E-state index in [-0.39, 0.29) is 0 Å². The number of anilines is 1. The van der Waals surface area contributed by atoms with Crippen molar-refractivity contribution in [2.24, 2.45) is 0 Å². The van der Waals surface area contributed by atoms with Crippen LogP contribution < -0.4 is 5.73 Å². The maximum absolute atomic E-state index is 5.98. The maximum atomic E-state index is 5.98. The van der Waals surface area contributed by atoms with Crippen molar-refractivity contribution < 1.29 is 4.74 Å². The Morgan fingerprint density at radius 1 is 1.11 bits per heavy atom. The van der Waals surface area contributed by atoms with Crippen molar-refractivity contribution in [3.63, 3.8) is 0 Å². The van der Waals surface area contributed by atoms with E-state index >= 15 is 0 Å². The molecule has 7 nitrogen and oxygen atoms in total. The van der Waals surface area contributed by atoms with Crippen LogP contribution in [0.3, 0.4) is 0 Å². The lowest BCUT2D eigenvalue weighted by molar-refractivity contribution is 0.0374. The van der Waals surface area contributed by atoms with Crippen molar-refractivity contribution >= 4 is 27.8 Å². The summed E-state index contributed by atoms with van der Waals surface area (Å²) in [7, 11) is 0. The number of aromatic amines is 2. The molecule has 4 heterocycles. The Labute approximate surface area is 162 Å². The van der Waals surface area contributed by atoms with Gasteiger partial charge in [-0.3, -0.25) is 10.00 Å². The topological polar surface area (TPSA) is 95.8 Å². The van der Waals surface area contributed by atoms with E-state index in [1.807, 2.05) is 12.3 Å². The fourth-order valence-corrected chi connectivity index (χ4v) is 3.99. The fraction of sp³-hybridized carbons (Fsp3) is 0.333. The largest absolute Gasteiger partial charge is 0.382 e. The second-order valence-corrected chi connectivity index (χ2v) is 7.34. The molecule has 1 fully saturated rings. The average Bonchev–Trinajstić information content (AvgIpc) is 3.31. The molecule has 0 aliphatic carbocycles. The Morgan fingerprint density at radius 3 is 2.89 bits per heavy atom. The number of pyridine rings is 1. The third kappa shape index (κ3) is 3.23. The van der Waals surface area contributed by atoms with Crippen LogP contribution in [0.5, 0.6) is 0 Å². The molecule has 0 saturated carbocycles. The van der Waals surface area contributed by atoms with E-state index in [0.717, 1.165) is 78.8 Å². The number of hydrogen-bond acceptors (Lipinski definition) is 5. The molecule has 28 heavy (non-hydrogen) atoms. The van der Waals surface area contributed by atoms with Gasteiger partial charge in [0.25, 0.3) is 0 Å². The van der Waals surface area contributed by atoms with Gasteiger partial charge in [-0.1, -0.05) is 6.07 Å². The fourth-order valence-electron chi connectivity index (χ4n) is 3.99. The number of aryl methyl sites for hydroxylation is 1. The lowest BCUT2D eigenvalue weighted by Gasteiger charge is -2.26. The number of rotatable bonds is 5. The van der Waals surface area contributed by atoms with Gasteiger partial charge in [-0.25, -0.2) is 4.98 Å². The highest BCUT2D eigenvalue weighted by atomic mass is 16.5. The first kappa shape index (κ1) is 17.2. The predicted molar refractivity (Wildman–Crippen MR) is 111 cm³/mol. The summed E-state index contributed by atoms with van der Waals surface area (Å²) in [4.78, 5) is 10.5. The molecule has 0 unspecified atom stereocenters. The molecule has 144 valence electrons. The highest BCUT2D eigenvalue weighted by molar-refractivity contribution is 5.98. The molecule has 4 N–H and O–H groups in total. The Balaban J connectivity index is 1.39. The summed E-state index contributed by atoms with van der Waals surface area (Å²) in [6, 6.07) is 10.5. The van der Waals surface area contributed by atoms with Crippen molar-refractivity contribution in [1.82, 2.24) is 25.1 Å². The number of nitrogens with zero attached hydrogens (tertiary/aromatic N) is 3. The lowest BCUT2D eigenvalue weighted by Crippen LogP contribution is -2.36. The van der Waals surface area contributed by atoms with E-state index in [1.165, 1.54) is 5.69 Å². The van der Waals surface area contributed by atoms with E-state index < -0.39 is 0 Å². The second kappa shape index (κ2) is 7.26. The van der Waals surface area contributed by atoms with E-state index in [4.69, 9.17) is 10.5 Å².